The Kier molecular flexibility index (Phi) is 7.80. The number of benzene rings is 3. The molecule has 0 aliphatic carbocycles. The van der Waals surface area contributed by atoms with Gasteiger partial charge < -0.3 is 16.2 Å². The minimum atomic E-state index is -4.17. The van der Waals surface area contributed by atoms with Gasteiger partial charge in [0.2, 0.25) is 5.91 Å². The Morgan fingerprint density at radius 3 is 2.35 bits per heavy atom. The molecule has 34 heavy (non-hydrogen) atoms. The van der Waals surface area contributed by atoms with Crippen molar-refractivity contribution in [2.45, 2.75) is 18.2 Å². The maximum atomic E-state index is 13.4. The standard InChI is InChI=1S/C24H25ClN4O4S/c1-16-12-19(29(15-23(26)30)34(31,32)22-5-3-2-4-21(22)25)14-20(13-16)33-11-10-17-6-8-18(9-7-17)24(27)28/h2-9,12-14H,10-11,15H2,1H3,(H2,26,30)(H3,27,28). The highest BCUT2D eigenvalue weighted by Gasteiger charge is 2.29. The number of anilines is 1. The molecule has 10 heteroatoms. The van der Waals surface area contributed by atoms with Gasteiger partial charge in [-0.05, 0) is 42.3 Å². The molecule has 0 aliphatic heterocycles. The number of amides is 1. The molecule has 178 valence electrons. The van der Waals surface area contributed by atoms with Crippen molar-refractivity contribution < 1.29 is 17.9 Å². The number of nitrogens with one attached hydrogen (secondary N) is 1. The lowest BCUT2D eigenvalue weighted by molar-refractivity contribution is -0.116. The number of amidine groups is 1. The first kappa shape index (κ1) is 25.1. The lowest BCUT2D eigenvalue weighted by Crippen LogP contribution is -2.38. The van der Waals surface area contributed by atoms with Gasteiger partial charge in [-0.2, -0.15) is 0 Å². The lowest BCUT2D eigenvalue weighted by Gasteiger charge is -2.24. The van der Waals surface area contributed by atoms with Crippen molar-refractivity contribution in [3.8, 4) is 5.75 Å². The molecular weight excluding hydrogens is 476 g/mol. The average molecular weight is 501 g/mol. The number of aryl methyl sites for hydroxylation is 1. The third-order valence-corrected chi connectivity index (χ3v) is 7.23. The highest BCUT2D eigenvalue weighted by atomic mass is 35.5. The molecule has 0 atom stereocenters. The second-order valence-electron chi connectivity index (χ2n) is 7.62. The molecule has 0 heterocycles. The summed E-state index contributed by atoms with van der Waals surface area (Å²) in [6.45, 7) is 1.57. The molecule has 0 bridgehead atoms. The maximum Gasteiger partial charge on any atom is 0.266 e. The summed E-state index contributed by atoms with van der Waals surface area (Å²) in [7, 11) is -4.17. The first-order valence-corrected chi connectivity index (χ1v) is 12.1. The van der Waals surface area contributed by atoms with Gasteiger partial charge >= 0.3 is 0 Å². The van der Waals surface area contributed by atoms with Gasteiger partial charge in [-0.3, -0.25) is 14.5 Å². The quantitative estimate of drug-likeness (QED) is 0.289. The molecule has 3 aromatic carbocycles. The molecule has 0 radical (unpaired) electrons. The molecule has 5 N–H and O–H groups in total. The fraction of sp³-hybridized carbons (Fsp3) is 0.167. The Bertz CT molecular complexity index is 1310. The number of hydrogen-bond acceptors (Lipinski definition) is 5. The van der Waals surface area contributed by atoms with Crippen LogP contribution < -0.4 is 20.5 Å². The molecule has 0 unspecified atom stereocenters. The van der Waals surface area contributed by atoms with Gasteiger partial charge in [0.05, 0.1) is 17.3 Å². The number of hydrogen-bond donors (Lipinski definition) is 3. The number of nitrogens with zero attached hydrogens (tertiary/aromatic N) is 1. The Hall–Kier alpha value is -3.56. The van der Waals surface area contributed by atoms with Gasteiger partial charge in [-0.25, -0.2) is 8.42 Å². The van der Waals surface area contributed by atoms with Crippen molar-refractivity contribution in [2.24, 2.45) is 11.5 Å². The van der Waals surface area contributed by atoms with Crippen LogP contribution in [-0.4, -0.2) is 33.3 Å². The molecule has 3 rings (SSSR count). The summed E-state index contributed by atoms with van der Waals surface area (Å²) in [4.78, 5) is 11.6. The number of sulfonamides is 1. The van der Waals surface area contributed by atoms with E-state index in [1.165, 1.54) is 12.1 Å². The topological polar surface area (TPSA) is 140 Å². The second-order valence-corrected chi connectivity index (χ2v) is 9.86. The molecule has 1 amide bonds. The largest absolute Gasteiger partial charge is 0.493 e. The van der Waals surface area contributed by atoms with Crippen LogP contribution in [0.2, 0.25) is 5.02 Å². The zero-order valence-corrected chi connectivity index (χ0v) is 20.1. The summed E-state index contributed by atoms with van der Waals surface area (Å²) in [5.41, 5.74) is 13.4. The van der Waals surface area contributed by atoms with Crippen molar-refractivity contribution in [1.29, 1.82) is 5.41 Å². The zero-order valence-electron chi connectivity index (χ0n) is 18.5. The fourth-order valence-electron chi connectivity index (χ4n) is 3.32. The smallest absolute Gasteiger partial charge is 0.266 e. The number of rotatable bonds is 10. The van der Waals surface area contributed by atoms with E-state index in [0.717, 1.165) is 15.4 Å². The van der Waals surface area contributed by atoms with E-state index in [9.17, 15) is 13.2 Å². The summed E-state index contributed by atoms with van der Waals surface area (Å²) in [6.07, 6.45) is 0.588. The van der Waals surface area contributed by atoms with E-state index in [1.807, 2.05) is 12.1 Å². The van der Waals surface area contributed by atoms with E-state index in [4.69, 9.17) is 33.2 Å². The van der Waals surface area contributed by atoms with Crippen LogP contribution in [0.25, 0.3) is 0 Å². The number of primary amides is 1. The summed E-state index contributed by atoms with van der Waals surface area (Å²) < 4.78 is 33.5. The Balaban J connectivity index is 1.84. The van der Waals surface area contributed by atoms with E-state index in [2.05, 4.69) is 0 Å². The maximum absolute atomic E-state index is 13.4. The van der Waals surface area contributed by atoms with Crippen LogP contribution in [0.5, 0.6) is 5.75 Å². The first-order chi connectivity index (χ1) is 16.1. The van der Waals surface area contributed by atoms with Crippen LogP contribution >= 0.6 is 11.6 Å². The van der Waals surface area contributed by atoms with Gasteiger partial charge in [0.15, 0.2) is 0 Å². The normalized spacial score (nSPS) is 11.1. The van der Waals surface area contributed by atoms with E-state index in [1.54, 1.807) is 49.4 Å². The third kappa shape index (κ3) is 6.06. The van der Waals surface area contributed by atoms with Crippen LogP contribution in [0, 0.1) is 12.3 Å². The predicted octanol–water partition coefficient (Wildman–Crippen LogP) is 3.23. The van der Waals surface area contributed by atoms with Crippen molar-refractivity contribution >= 4 is 39.1 Å². The number of carbonyl (C=O) groups is 1. The van der Waals surface area contributed by atoms with Gasteiger partial charge in [0.25, 0.3) is 10.0 Å². The van der Waals surface area contributed by atoms with Crippen molar-refractivity contribution in [1.82, 2.24) is 0 Å². The van der Waals surface area contributed by atoms with Crippen LogP contribution in [0.4, 0.5) is 5.69 Å². The first-order valence-electron chi connectivity index (χ1n) is 10.3. The van der Waals surface area contributed by atoms with Crippen molar-refractivity contribution in [2.75, 3.05) is 17.5 Å². The zero-order chi connectivity index (χ0) is 24.9. The Morgan fingerprint density at radius 1 is 1.06 bits per heavy atom. The molecule has 0 aromatic heterocycles. The molecule has 0 saturated heterocycles. The van der Waals surface area contributed by atoms with Gasteiger partial charge in [-0.1, -0.05) is 48.0 Å². The van der Waals surface area contributed by atoms with Gasteiger partial charge in [0, 0.05) is 18.1 Å². The molecule has 3 aromatic rings. The van der Waals surface area contributed by atoms with E-state index >= 15 is 0 Å². The minimum absolute atomic E-state index is 0.00217. The summed E-state index contributed by atoms with van der Waals surface area (Å²) >= 11 is 6.13. The molecule has 0 aliphatic rings. The Morgan fingerprint density at radius 2 is 1.74 bits per heavy atom. The lowest BCUT2D eigenvalue weighted by atomic mass is 10.1. The van der Waals surface area contributed by atoms with E-state index < -0.39 is 22.5 Å². The Labute approximate surface area is 203 Å². The van der Waals surface area contributed by atoms with Crippen molar-refractivity contribution in [3.63, 3.8) is 0 Å². The van der Waals surface area contributed by atoms with Crippen LogP contribution in [0.3, 0.4) is 0 Å². The van der Waals surface area contributed by atoms with Crippen LogP contribution in [-0.2, 0) is 21.2 Å². The minimum Gasteiger partial charge on any atom is -0.493 e. The number of nitrogens with two attached hydrogens (primary N) is 2. The fourth-order valence-corrected chi connectivity index (χ4v) is 5.23. The van der Waals surface area contributed by atoms with Crippen LogP contribution in [0.1, 0.15) is 16.7 Å². The number of ether oxygens (including phenoxy) is 1. The summed E-state index contributed by atoms with van der Waals surface area (Å²) in [5, 5.41) is 7.49. The molecular formula is C24H25ClN4O4S. The summed E-state index contributed by atoms with van der Waals surface area (Å²) in [6, 6.07) is 18.2. The summed E-state index contributed by atoms with van der Waals surface area (Å²) in [5.74, 6) is -0.366. The number of halogens is 1. The van der Waals surface area contributed by atoms with Gasteiger partial charge in [-0.15, -0.1) is 0 Å². The van der Waals surface area contributed by atoms with E-state index in [-0.39, 0.29) is 21.4 Å². The SMILES string of the molecule is Cc1cc(OCCc2ccc(C(=N)N)cc2)cc(N(CC(N)=O)S(=O)(=O)c2ccccc2Cl)c1. The molecule has 0 saturated carbocycles. The average Bonchev–Trinajstić information content (AvgIpc) is 2.77. The highest BCUT2D eigenvalue weighted by molar-refractivity contribution is 7.93. The van der Waals surface area contributed by atoms with Gasteiger partial charge in [0.1, 0.15) is 23.0 Å². The molecule has 0 fully saturated rings. The molecule has 8 nitrogen and oxygen atoms in total. The second kappa shape index (κ2) is 10.6. The van der Waals surface area contributed by atoms with Crippen LogP contribution in [0.15, 0.2) is 71.6 Å². The number of carbonyl (C=O) groups excluding carboxylic acids is 1. The van der Waals surface area contributed by atoms with E-state index in [0.29, 0.717) is 24.3 Å². The monoisotopic (exact) mass is 500 g/mol. The molecule has 0 spiro atoms. The van der Waals surface area contributed by atoms with Crippen molar-refractivity contribution in [3.05, 3.63) is 88.4 Å². The third-order valence-electron chi connectivity index (χ3n) is 4.95. The predicted molar refractivity (Wildman–Crippen MR) is 133 cm³/mol. The number of nitrogen functional groups attached to an aromatic ring is 1. The highest BCUT2D eigenvalue weighted by Crippen LogP contribution is 2.31.